The van der Waals surface area contributed by atoms with Crippen LogP contribution in [0.3, 0.4) is 0 Å². The van der Waals surface area contributed by atoms with Crippen LogP contribution in [0, 0.1) is 0 Å². The van der Waals surface area contributed by atoms with Crippen LogP contribution in [0.2, 0.25) is 0 Å². The van der Waals surface area contributed by atoms with Crippen molar-refractivity contribution in [2.75, 3.05) is 0 Å². The van der Waals surface area contributed by atoms with E-state index in [2.05, 4.69) is 25.3 Å². The highest BCUT2D eigenvalue weighted by molar-refractivity contribution is 7.10. The predicted octanol–water partition coefficient (Wildman–Crippen LogP) is 0.964. The molecule has 3 aromatic rings. The van der Waals surface area contributed by atoms with Crippen molar-refractivity contribution in [3.8, 4) is 11.6 Å². The summed E-state index contributed by atoms with van der Waals surface area (Å²) in [6.45, 7) is 0. The van der Waals surface area contributed by atoms with Gasteiger partial charge in [0.05, 0.1) is 0 Å². The molecule has 0 radical (unpaired) electrons. The zero-order valence-corrected chi connectivity index (χ0v) is 9.39. The summed E-state index contributed by atoms with van der Waals surface area (Å²) >= 11 is 1.54. The van der Waals surface area contributed by atoms with Crippen molar-refractivity contribution in [3.05, 3.63) is 34.6 Å². The van der Waals surface area contributed by atoms with Crippen molar-refractivity contribution in [2.45, 2.75) is 6.04 Å². The van der Waals surface area contributed by atoms with Gasteiger partial charge >= 0.3 is 0 Å². The van der Waals surface area contributed by atoms with E-state index in [1.165, 1.54) is 6.33 Å². The van der Waals surface area contributed by atoms with Crippen LogP contribution in [0.15, 0.2) is 28.4 Å². The van der Waals surface area contributed by atoms with Crippen LogP contribution in [-0.4, -0.2) is 25.3 Å². The molecule has 0 aliphatic rings. The Balaban J connectivity index is 1.90. The van der Waals surface area contributed by atoms with Crippen molar-refractivity contribution in [1.29, 1.82) is 0 Å². The maximum atomic E-state index is 6.00. The Morgan fingerprint density at radius 2 is 2.41 bits per heavy atom. The molecule has 3 rings (SSSR count). The molecule has 8 heteroatoms. The van der Waals surface area contributed by atoms with Gasteiger partial charge in [0.1, 0.15) is 12.4 Å². The largest absolute Gasteiger partial charge is 0.337 e. The first-order chi connectivity index (χ1) is 8.34. The fourth-order valence-corrected chi connectivity index (χ4v) is 2.08. The van der Waals surface area contributed by atoms with Crippen molar-refractivity contribution >= 4 is 11.3 Å². The molecule has 0 aromatic carbocycles. The van der Waals surface area contributed by atoms with Crippen molar-refractivity contribution in [2.24, 2.45) is 5.73 Å². The highest BCUT2D eigenvalue weighted by Crippen LogP contribution is 2.23. The molecule has 0 bridgehead atoms. The Hall–Kier alpha value is -2.06. The third-order valence-electron chi connectivity index (χ3n) is 2.18. The number of nitrogens with one attached hydrogen (secondary N) is 1. The zero-order chi connectivity index (χ0) is 11.7. The summed E-state index contributed by atoms with van der Waals surface area (Å²) in [4.78, 5) is 9.08. The first-order valence-corrected chi connectivity index (χ1v) is 5.71. The lowest BCUT2D eigenvalue weighted by Gasteiger charge is -2.01. The summed E-state index contributed by atoms with van der Waals surface area (Å²) in [5.41, 5.74) is 6.00. The highest BCUT2D eigenvalue weighted by Gasteiger charge is 2.19. The van der Waals surface area contributed by atoms with E-state index < -0.39 is 6.04 Å². The average Bonchev–Trinajstić information content (AvgIpc) is 3.09. The number of aromatic nitrogens is 5. The fourth-order valence-electron chi connectivity index (χ4n) is 1.36. The lowest BCUT2D eigenvalue weighted by molar-refractivity contribution is 0.368. The molecule has 0 saturated carbocycles. The van der Waals surface area contributed by atoms with Gasteiger partial charge < -0.3 is 10.3 Å². The van der Waals surface area contributed by atoms with E-state index in [1.807, 2.05) is 17.5 Å². The van der Waals surface area contributed by atoms with E-state index in [-0.39, 0.29) is 0 Å². The van der Waals surface area contributed by atoms with Gasteiger partial charge in [-0.2, -0.15) is 10.1 Å². The Kier molecular flexibility index (Phi) is 2.42. The van der Waals surface area contributed by atoms with E-state index in [1.54, 1.807) is 11.3 Å². The molecule has 0 aliphatic heterocycles. The molecule has 0 aliphatic carbocycles. The van der Waals surface area contributed by atoms with Gasteiger partial charge in [0.15, 0.2) is 5.82 Å². The average molecular weight is 248 g/mol. The lowest BCUT2D eigenvalue weighted by atomic mass is 10.2. The minimum absolute atomic E-state index is 0.351. The molecule has 1 atom stereocenters. The molecular formula is C9H8N6OS. The number of aromatic amines is 1. The number of rotatable bonds is 3. The molecule has 1 unspecified atom stereocenters. The second-order valence-corrected chi connectivity index (χ2v) is 4.26. The van der Waals surface area contributed by atoms with E-state index in [0.717, 1.165) is 4.88 Å². The molecular weight excluding hydrogens is 240 g/mol. The van der Waals surface area contributed by atoms with Gasteiger partial charge in [-0.25, -0.2) is 4.98 Å². The quantitative estimate of drug-likeness (QED) is 0.715. The zero-order valence-electron chi connectivity index (χ0n) is 8.57. The highest BCUT2D eigenvalue weighted by atomic mass is 32.1. The summed E-state index contributed by atoms with van der Waals surface area (Å²) in [5.74, 6) is 1.17. The van der Waals surface area contributed by atoms with E-state index in [0.29, 0.717) is 17.5 Å². The molecule has 3 N–H and O–H groups in total. The first-order valence-electron chi connectivity index (χ1n) is 4.83. The van der Waals surface area contributed by atoms with Gasteiger partial charge in [0.25, 0.3) is 0 Å². The van der Waals surface area contributed by atoms with Crippen molar-refractivity contribution < 1.29 is 4.52 Å². The van der Waals surface area contributed by atoms with Gasteiger partial charge in [-0.05, 0) is 11.4 Å². The predicted molar refractivity (Wildman–Crippen MR) is 60.0 cm³/mol. The molecule has 17 heavy (non-hydrogen) atoms. The van der Waals surface area contributed by atoms with Crippen LogP contribution >= 0.6 is 11.3 Å². The van der Waals surface area contributed by atoms with Crippen molar-refractivity contribution in [1.82, 2.24) is 25.3 Å². The second kappa shape index (κ2) is 4.07. The molecule has 7 nitrogen and oxygen atoms in total. The topological polar surface area (TPSA) is 107 Å². The van der Waals surface area contributed by atoms with Gasteiger partial charge in [0.2, 0.25) is 11.7 Å². The molecule has 3 aromatic heterocycles. The maximum Gasteiger partial charge on any atom is 0.249 e. The van der Waals surface area contributed by atoms with Gasteiger partial charge in [0, 0.05) is 4.88 Å². The number of thiophene rings is 1. The SMILES string of the molecule is NC(c1nc(-c2ncn[nH]2)no1)c1cccs1. The van der Waals surface area contributed by atoms with Crippen LogP contribution in [0.4, 0.5) is 0 Å². The number of nitrogens with two attached hydrogens (primary N) is 1. The van der Waals surface area contributed by atoms with E-state index in [4.69, 9.17) is 10.3 Å². The smallest absolute Gasteiger partial charge is 0.249 e. The number of nitrogens with zero attached hydrogens (tertiary/aromatic N) is 4. The second-order valence-electron chi connectivity index (χ2n) is 3.28. The molecule has 0 spiro atoms. The van der Waals surface area contributed by atoms with Crippen LogP contribution in [0.25, 0.3) is 11.6 Å². The third kappa shape index (κ3) is 1.83. The maximum absolute atomic E-state index is 6.00. The minimum Gasteiger partial charge on any atom is -0.337 e. The van der Waals surface area contributed by atoms with E-state index in [9.17, 15) is 0 Å². The summed E-state index contributed by atoms with van der Waals surface area (Å²) in [6, 6.07) is 3.44. The Morgan fingerprint density at radius 3 is 3.12 bits per heavy atom. The monoisotopic (exact) mass is 248 g/mol. The number of H-pyrrole nitrogens is 1. The van der Waals surface area contributed by atoms with Gasteiger partial charge in [-0.15, -0.1) is 11.3 Å². The molecule has 3 heterocycles. The van der Waals surface area contributed by atoms with Gasteiger partial charge in [-0.3, -0.25) is 5.10 Å². The van der Waals surface area contributed by atoms with Crippen molar-refractivity contribution in [3.63, 3.8) is 0 Å². The lowest BCUT2D eigenvalue weighted by Crippen LogP contribution is -2.10. The molecule has 0 amide bonds. The van der Waals surface area contributed by atoms with Crippen LogP contribution in [-0.2, 0) is 0 Å². The Bertz CT molecular complexity index is 587. The fraction of sp³-hybridized carbons (Fsp3) is 0.111. The molecule has 0 fully saturated rings. The first kappa shape index (κ1) is 10.1. The number of hydrogen-bond donors (Lipinski definition) is 2. The summed E-state index contributed by atoms with van der Waals surface area (Å²) in [5, 5.41) is 12.1. The molecule has 0 saturated heterocycles. The third-order valence-corrected chi connectivity index (χ3v) is 3.14. The standard InChI is InChI=1S/C9H8N6OS/c10-6(5-2-1-3-17-5)9-13-8(15-16-9)7-11-4-12-14-7/h1-4,6H,10H2,(H,11,12,14). The van der Waals surface area contributed by atoms with Crippen LogP contribution in [0.5, 0.6) is 0 Å². The normalized spacial score (nSPS) is 12.8. The number of hydrogen-bond acceptors (Lipinski definition) is 7. The summed E-state index contributed by atoms with van der Waals surface area (Å²) < 4.78 is 5.11. The molecule has 86 valence electrons. The summed E-state index contributed by atoms with van der Waals surface area (Å²) in [6.07, 6.45) is 1.38. The Labute approximate surface area is 99.7 Å². The summed E-state index contributed by atoms with van der Waals surface area (Å²) in [7, 11) is 0. The van der Waals surface area contributed by atoms with Crippen LogP contribution in [0.1, 0.15) is 16.8 Å². The minimum atomic E-state index is -0.404. The van der Waals surface area contributed by atoms with Gasteiger partial charge in [-0.1, -0.05) is 11.2 Å². The van der Waals surface area contributed by atoms with E-state index >= 15 is 0 Å². The van der Waals surface area contributed by atoms with Crippen LogP contribution < -0.4 is 5.73 Å². The Morgan fingerprint density at radius 1 is 1.47 bits per heavy atom.